The molecule has 0 aromatic rings. The predicted molar refractivity (Wildman–Crippen MR) is 77.9 cm³/mol. The highest BCUT2D eigenvalue weighted by Crippen LogP contribution is 2.25. The summed E-state index contributed by atoms with van der Waals surface area (Å²) in [5.74, 6) is 2.57. The zero-order chi connectivity index (χ0) is 13.4. The minimum absolute atomic E-state index is 0.371. The van der Waals surface area contributed by atoms with Crippen molar-refractivity contribution in [2.75, 3.05) is 19.0 Å². The molecule has 2 nitrogen and oxygen atoms in total. The molecule has 1 heterocycles. The van der Waals surface area contributed by atoms with Crippen molar-refractivity contribution in [3.63, 3.8) is 0 Å². The fraction of sp³-hybridized carbons (Fsp3) is 0.933. The Labute approximate surface area is 117 Å². The van der Waals surface area contributed by atoms with Crippen molar-refractivity contribution in [3.05, 3.63) is 0 Å². The molecule has 0 aliphatic carbocycles. The molecule has 0 aromatic carbocycles. The van der Waals surface area contributed by atoms with Crippen LogP contribution in [0.2, 0.25) is 0 Å². The minimum Gasteiger partial charge on any atom is -0.343 e. The topological polar surface area (TPSA) is 20.3 Å². The van der Waals surface area contributed by atoms with E-state index < -0.39 is 0 Å². The molecular formula is C15H28ClNO. The zero-order valence-corrected chi connectivity index (χ0v) is 12.7. The van der Waals surface area contributed by atoms with Crippen molar-refractivity contribution in [2.24, 2.45) is 11.8 Å². The quantitative estimate of drug-likeness (QED) is 0.506. The lowest BCUT2D eigenvalue weighted by atomic mass is 9.89. The van der Waals surface area contributed by atoms with Crippen LogP contribution in [-0.2, 0) is 4.79 Å². The maximum atomic E-state index is 12.0. The van der Waals surface area contributed by atoms with Crippen LogP contribution in [0.4, 0.5) is 0 Å². The Hall–Kier alpha value is -0.240. The summed E-state index contributed by atoms with van der Waals surface area (Å²) in [6.07, 6.45) is 7.65. The van der Waals surface area contributed by atoms with Crippen LogP contribution in [0, 0.1) is 11.8 Å². The number of halogens is 1. The van der Waals surface area contributed by atoms with Crippen LogP contribution < -0.4 is 0 Å². The Morgan fingerprint density at radius 1 is 1.22 bits per heavy atom. The lowest BCUT2D eigenvalue weighted by Crippen LogP contribution is -2.31. The van der Waals surface area contributed by atoms with E-state index in [1.807, 2.05) is 0 Å². The van der Waals surface area contributed by atoms with Crippen LogP contribution >= 0.6 is 11.6 Å². The average molecular weight is 274 g/mol. The van der Waals surface area contributed by atoms with Crippen LogP contribution in [0.1, 0.15) is 58.8 Å². The second kappa shape index (κ2) is 8.79. The summed E-state index contributed by atoms with van der Waals surface area (Å²) in [6.45, 7) is 6.47. The largest absolute Gasteiger partial charge is 0.343 e. The van der Waals surface area contributed by atoms with Crippen LogP contribution in [0.25, 0.3) is 0 Å². The molecule has 1 atom stereocenters. The van der Waals surface area contributed by atoms with E-state index in [2.05, 4.69) is 18.7 Å². The number of nitrogens with zero attached hydrogens (tertiary/aromatic N) is 1. The van der Waals surface area contributed by atoms with Crippen molar-refractivity contribution in [1.82, 2.24) is 4.90 Å². The third-order valence-electron chi connectivity index (χ3n) is 4.11. The Kier molecular flexibility index (Phi) is 7.73. The number of carbonyl (C=O) groups excluding carboxylic acids is 1. The van der Waals surface area contributed by atoms with Gasteiger partial charge in [-0.2, -0.15) is 0 Å². The van der Waals surface area contributed by atoms with Gasteiger partial charge in [0.15, 0.2) is 0 Å². The number of alkyl halides is 1. The number of hydrogen-bond acceptors (Lipinski definition) is 1. The molecule has 18 heavy (non-hydrogen) atoms. The summed E-state index contributed by atoms with van der Waals surface area (Å²) in [5, 5.41) is 0. The smallest absolute Gasteiger partial charge is 0.222 e. The Morgan fingerprint density at radius 3 is 2.61 bits per heavy atom. The second-order valence-corrected chi connectivity index (χ2v) is 6.19. The standard InChI is InChI=1S/C15H28ClNO/c1-13(2)14-7-8-15(18)17(12-9-14)11-6-4-3-5-10-16/h13-14H,3-12H2,1-2H3. The number of unbranched alkanes of at least 4 members (excludes halogenated alkanes) is 3. The molecule has 3 heteroatoms. The van der Waals surface area contributed by atoms with E-state index in [0.717, 1.165) is 50.6 Å². The fourth-order valence-electron chi connectivity index (χ4n) is 2.71. The Balaban J connectivity index is 2.25. The summed E-state index contributed by atoms with van der Waals surface area (Å²) < 4.78 is 0. The third-order valence-corrected chi connectivity index (χ3v) is 4.37. The second-order valence-electron chi connectivity index (χ2n) is 5.82. The van der Waals surface area contributed by atoms with Crippen molar-refractivity contribution < 1.29 is 4.79 Å². The van der Waals surface area contributed by atoms with Gasteiger partial charge in [0, 0.05) is 25.4 Å². The van der Waals surface area contributed by atoms with Gasteiger partial charge in [-0.1, -0.05) is 26.7 Å². The highest BCUT2D eigenvalue weighted by atomic mass is 35.5. The van der Waals surface area contributed by atoms with E-state index in [9.17, 15) is 4.79 Å². The Bertz CT molecular complexity index is 243. The lowest BCUT2D eigenvalue weighted by Gasteiger charge is -2.21. The van der Waals surface area contributed by atoms with E-state index in [-0.39, 0.29) is 0 Å². The molecular weight excluding hydrogens is 246 g/mol. The first-order valence-corrected chi connectivity index (χ1v) is 8.02. The van der Waals surface area contributed by atoms with Gasteiger partial charge in [0.2, 0.25) is 5.91 Å². The van der Waals surface area contributed by atoms with Gasteiger partial charge in [0.05, 0.1) is 0 Å². The molecule has 0 bridgehead atoms. The molecule has 1 amide bonds. The van der Waals surface area contributed by atoms with Crippen LogP contribution in [-0.4, -0.2) is 29.8 Å². The average Bonchev–Trinajstić information content (AvgIpc) is 2.52. The summed E-state index contributed by atoms with van der Waals surface area (Å²) in [4.78, 5) is 14.1. The Morgan fingerprint density at radius 2 is 1.94 bits per heavy atom. The molecule has 1 fully saturated rings. The van der Waals surface area contributed by atoms with Gasteiger partial charge in [-0.15, -0.1) is 11.6 Å². The zero-order valence-electron chi connectivity index (χ0n) is 12.0. The molecule has 1 unspecified atom stereocenters. The van der Waals surface area contributed by atoms with Gasteiger partial charge in [0.25, 0.3) is 0 Å². The van der Waals surface area contributed by atoms with E-state index in [0.29, 0.717) is 11.8 Å². The van der Waals surface area contributed by atoms with Gasteiger partial charge in [-0.3, -0.25) is 4.79 Å². The first kappa shape index (κ1) is 15.8. The number of hydrogen-bond donors (Lipinski definition) is 0. The van der Waals surface area contributed by atoms with Gasteiger partial charge in [-0.05, 0) is 37.5 Å². The van der Waals surface area contributed by atoms with Crippen molar-refractivity contribution in [2.45, 2.75) is 58.8 Å². The number of carbonyl (C=O) groups is 1. The normalized spacial score (nSPS) is 21.4. The summed E-state index contributed by atoms with van der Waals surface area (Å²) in [7, 11) is 0. The summed E-state index contributed by atoms with van der Waals surface area (Å²) in [6, 6.07) is 0. The van der Waals surface area contributed by atoms with Crippen LogP contribution in [0.5, 0.6) is 0 Å². The SMILES string of the molecule is CC(C)C1CCC(=O)N(CCCCCCCl)CC1. The molecule has 0 saturated carbocycles. The van der Waals surface area contributed by atoms with Gasteiger partial charge < -0.3 is 4.90 Å². The summed E-state index contributed by atoms with van der Waals surface area (Å²) in [5.41, 5.74) is 0. The highest BCUT2D eigenvalue weighted by Gasteiger charge is 2.23. The fourth-order valence-corrected chi connectivity index (χ4v) is 2.90. The van der Waals surface area contributed by atoms with Gasteiger partial charge in [0.1, 0.15) is 0 Å². The van der Waals surface area contributed by atoms with Crippen molar-refractivity contribution in [1.29, 1.82) is 0 Å². The molecule has 1 aliphatic heterocycles. The molecule has 0 aromatic heterocycles. The van der Waals surface area contributed by atoms with Gasteiger partial charge >= 0.3 is 0 Å². The first-order valence-electron chi connectivity index (χ1n) is 7.49. The number of likely N-dealkylation sites (tertiary alicyclic amines) is 1. The highest BCUT2D eigenvalue weighted by molar-refractivity contribution is 6.17. The monoisotopic (exact) mass is 273 g/mol. The van der Waals surface area contributed by atoms with Gasteiger partial charge in [-0.25, -0.2) is 0 Å². The van der Waals surface area contributed by atoms with Crippen molar-refractivity contribution in [3.8, 4) is 0 Å². The molecule has 106 valence electrons. The predicted octanol–water partition coefficient (Wildman–Crippen LogP) is 4.07. The molecule has 0 spiro atoms. The van der Waals surface area contributed by atoms with E-state index in [1.54, 1.807) is 0 Å². The summed E-state index contributed by atoms with van der Waals surface area (Å²) >= 11 is 5.66. The number of rotatable bonds is 7. The van der Waals surface area contributed by atoms with E-state index >= 15 is 0 Å². The van der Waals surface area contributed by atoms with Crippen molar-refractivity contribution >= 4 is 17.5 Å². The van der Waals surface area contributed by atoms with Crippen LogP contribution in [0.3, 0.4) is 0 Å². The molecule has 0 radical (unpaired) electrons. The minimum atomic E-state index is 0.371. The van der Waals surface area contributed by atoms with Crippen LogP contribution in [0.15, 0.2) is 0 Å². The van der Waals surface area contributed by atoms with E-state index in [1.165, 1.54) is 19.3 Å². The third kappa shape index (κ3) is 5.60. The number of amides is 1. The maximum absolute atomic E-state index is 12.0. The van der Waals surface area contributed by atoms with E-state index in [4.69, 9.17) is 11.6 Å². The molecule has 0 N–H and O–H groups in total. The maximum Gasteiger partial charge on any atom is 0.222 e. The molecule has 1 rings (SSSR count). The molecule has 1 saturated heterocycles. The molecule has 1 aliphatic rings. The first-order chi connectivity index (χ1) is 8.65. The lowest BCUT2D eigenvalue weighted by molar-refractivity contribution is -0.130.